The van der Waals surface area contributed by atoms with Gasteiger partial charge in [0.2, 0.25) is 0 Å². The van der Waals surface area contributed by atoms with E-state index in [1.54, 1.807) is 36.7 Å². The number of amides is 1. The van der Waals surface area contributed by atoms with Crippen molar-refractivity contribution >= 4 is 34.0 Å². The molecule has 0 fully saturated rings. The molecule has 160 valence electrons. The van der Waals surface area contributed by atoms with Crippen LogP contribution in [0.25, 0.3) is 10.9 Å². The normalized spacial score (nSPS) is 10.5. The van der Waals surface area contributed by atoms with E-state index in [-0.39, 0.29) is 5.91 Å². The molecule has 0 bridgehead atoms. The van der Waals surface area contributed by atoms with E-state index in [4.69, 9.17) is 4.74 Å². The van der Waals surface area contributed by atoms with Crippen molar-refractivity contribution in [2.75, 3.05) is 10.6 Å². The van der Waals surface area contributed by atoms with Crippen molar-refractivity contribution in [2.24, 2.45) is 0 Å². The average Bonchev–Trinajstić information content (AvgIpc) is 2.85. The highest BCUT2D eigenvalue weighted by Crippen LogP contribution is 2.26. The Labute approximate surface area is 190 Å². The first-order valence-electron chi connectivity index (χ1n) is 10.5. The van der Waals surface area contributed by atoms with E-state index in [0.717, 1.165) is 22.3 Å². The van der Waals surface area contributed by atoms with Gasteiger partial charge in [0.15, 0.2) is 0 Å². The number of para-hydroxylation sites is 2. The van der Waals surface area contributed by atoms with Crippen LogP contribution in [0.1, 0.15) is 10.4 Å². The zero-order valence-corrected chi connectivity index (χ0v) is 17.6. The summed E-state index contributed by atoms with van der Waals surface area (Å²) >= 11 is 0. The third kappa shape index (κ3) is 4.80. The largest absolute Gasteiger partial charge is 0.457 e. The molecule has 0 saturated carbocycles. The molecule has 2 heterocycles. The van der Waals surface area contributed by atoms with Crippen LogP contribution in [-0.4, -0.2) is 15.9 Å². The number of aromatic nitrogens is 2. The Bertz CT molecular complexity index is 1420. The van der Waals surface area contributed by atoms with Gasteiger partial charge in [-0.25, -0.2) is 4.98 Å². The Morgan fingerprint density at radius 1 is 0.727 bits per heavy atom. The first-order chi connectivity index (χ1) is 16.2. The van der Waals surface area contributed by atoms with Gasteiger partial charge in [0.05, 0.1) is 5.52 Å². The summed E-state index contributed by atoms with van der Waals surface area (Å²) < 4.78 is 5.82. The van der Waals surface area contributed by atoms with Crippen LogP contribution in [-0.2, 0) is 0 Å². The second-order valence-electron chi connectivity index (χ2n) is 7.33. The second-order valence-corrected chi connectivity index (χ2v) is 7.33. The van der Waals surface area contributed by atoms with E-state index in [1.807, 2.05) is 72.8 Å². The number of carbonyl (C=O) groups excluding carboxylic acids is 1. The third-order valence-corrected chi connectivity index (χ3v) is 5.00. The molecule has 0 saturated heterocycles. The molecule has 0 aliphatic rings. The van der Waals surface area contributed by atoms with Gasteiger partial charge in [0.1, 0.15) is 17.3 Å². The van der Waals surface area contributed by atoms with Crippen LogP contribution in [0.3, 0.4) is 0 Å². The molecule has 0 unspecified atom stereocenters. The van der Waals surface area contributed by atoms with Gasteiger partial charge >= 0.3 is 0 Å². The maximum atomic E-state index is 12.9. The minimum absolute atomic E-state index is 0.261. The monoisotopic (exact) mass is 432 g/mol. The summed E-state index contributed by atoms with van der Waals surface area (Å²) in [5, 5.41) is 7.23. The van der Waals surface area contributed by atoms with Gasteiger partial charge in [-0.3, -0.25) is 9.78 Å². The van der Waals surface area contributed by atoms with Crippen molar-refractivity contribution in [3.8, 4) is 11.5 Å². The van der Waals surface area contributed by atoms with E-state index in [0.29, 0.717) is 22.9 Å². The lowest BCUT2D eigenvalue weighted by Gasteiger charge is -2.11. The molecular weight excluding hydrogens is 412 g/mol. The number of carbonyl (C=O) groups is 1. The summed E-state index contributed by atoms with van der Waals surface area (Å²) in [6, 6.07) is 30.0. The van der Waals surface area contributed by atoms with Crippen molar-refractivity contribution in [3.63, 3.8) is 0 Å². The maximum Gasteiger partial charge on any atom is 0.256 e. The maximum absolute atomic E-state index is 12.9. The molecular formula is C27H20N4O2. The van der Waals surface area contributed by atoms with Crippen LogP contribution in [0.15, 0.2) is 109 Å². The number of pyridine rings is 2. The topological polar surface area (TPSA) is 76.1 Å². The highest BCUT2D eigenvalue weighted by atomic mass is 16.5. The predicted octanol–water partition coefficient (Wildman–Crippen LogP) is 6.42. The van der Waals surface area contributed by atoms with Crippen LogP contribution in [0.5, 0.6) is 11.5 Å². The Hall–Kier alpha value is -4.71. The van der Waals surface area contributed by atoms with Gasteiger partial charge < -0.3 is 15.4 Å². The van der Waals surface area contributed by atoms with Gasteiger partial charge in [-0.1, -0.05) is 42.5 Å². The predicted molar refractivity (Wildman–Crippen MR) is 130 cm³/mol. The molecule has 6 heteroatoms. The summed E-state index contributed by atoms with van der Waals surface area (Å²) in [6.07, 6.45) is 3.36. The number of nitrogens with zero attached hydrogens (tertiary/aromatic N) is 2. The number of hydrogen-bond donors (Lipinski definition) is 2. The highest BCUT2D eigenvalue weighted by Gasteiger charge is 2.10. The first kappa shape index (κ1) is 20.2. The van der Waals surface area contributed by atoms with E-state index >= 15 is 0 Å². The van der Waals surface area contributed by atoms with E-state index in [9.17, 15) is 4.79 Å². The van der Waals surface area contributed by atoms with Crippen LogP contribution in [0, 0.1) is 0 Å². The van der Waals surface area contributed by atoms with Crippen molar-refractivity contribution in [3.05, 3.63) is 115 Å². The number of fused-ring (bicyclic) bond motifs is 1. The molecule has 2 N–H and O–H groups in total. The highest BCUT2D eigenvalue weighted by molar-refractivity contribution is 6.04. The quantitative estimate of drug-likeness (QED) is 0.324. The number of hydrogen-bond acceptors (Lipinski definition) is 5. The SMILES string of the molecule is O=C(Nc1cc(Oc2ccccc2)ccn1)c1cccc(Nc2ccnc3ccccc23)c1. The summed E-state index contributed by atoms with van der Waals surface area (Å²) in [5.41, 5.74) is 3.13. The summed E-state index contributed by atoms with van der Waals surface area (Å²) in [5.74, 6) is 1.45. The standard InChI is InChI=1S/C27H20N4O2/c32-27(31-26-18-22(13-15-29-26)33-21-9-2-1-3-10-21)19-7-6-8-20(17-19)30-25-14-16-28-24-12-5-4-11-23(24)25/h1-18H,(H,28,30)(H,29,31,32). The molecule has 5 aromatic rings. The zero-order valence-electron chi connectivity index (χ0n) is 17.6. The van der Waals surface area contributed by atoms with Gasteiger partial charge in [-0.05, 0) is 48.5 Å². The minimum Gasteiger partial charge on any atom is -0.457 e. The lowest BCUT2D eigenvalue weighted by Crippen LogP contribution is -2.13. The van der Waals surface area contributed by atoms with Gasteiger partial charge in [-0.15, -0.1) is 0 Å². The molecule has 0 spiro atoms. The lowest BCUT2D eigenvalue weighted by atomic mass is 10.1. The fourth-order valence-corrected chi connectivity index (χ4v) is 3.45. The van der Waals surface area contributed by atoms with Crippen molar-refractivity contribution < 1.29 is 9.53 Å². The molecule has 1 amide bonds. The molecule has 0 radical (unpaired) electrons. The smallest absolute Gasteiger partial charge is 0.256 e. The molecule has 2 aromatic heterocycles. The summed E-state index contributed by atoms with van der Waals surface area (Å²) in [7, 11) is 0. The number of ether oxygens (including phenoxy) is 1. The Balaban J connectivity index is 1.32. The molecule has 0 atom stereocenters. The second kappa shape index (κ2) is 9.20. The van der Waals surface area contributed by atoms with Gasteiger partial charge in [0.25, 0.3) is 5.91 Å². The Kier molecular flexibility index (Phi) is 5.63. The van der Waals surface area contributed by atoms with Gasteiger partial charge in [0, 0.05) is 40.8 Å². The van der Waals surface area contributed by atoms with Crippen molar-refractivity contribution in [1.82, 2.24) is 9.97 Å². The molecule has 3 aromatic carbocycles. The summed E-state index contributed by atoms with van der Waals surface area (Å²) in [6.45, 7) is 0. The van der Waals surface area contributed by atoms with Crippen LogP contribution >= 0.6 is 0 Å². The molecule has 33 heavy (non-hydrogen) atoms. The molecule has 0 aliphatic carbocycles. The fourth-order valence-electron chi connectivity index (χ4n) is 3.45. The van der Waals surface area contributed by atoms with E-state index in [2.05, 4.69) is 20.6 Å². The third-order valence-electron chi connectivity index (χ3n) is 5.00. The molecule has 0 aliphatic heterocycles. The summed E-state index contributed by atoms with van der Waals surface area (Å²) in [4.78, 5) is 21.5. The number of nitrogens with one attached hydrogen (secondary N) is 2. The zero-order chi connectivity index (χ0) is 22.5. The first-order valence-corrected chi connectivity index (χ1v) is 10.5. The molecule has 5 rings (SSSR count). The Morgan fingerprint density at radius 2 is 1.55 bits per heavy atom. The van der Waals surface area contributed by atoms with Crippen molar-refractivity contribution in [1.29, 1.82) is 0 Å². The van der Waals surface area contributed by atoms with E-state index < -0.39 is 0 Å². The number of benzene rings is 3. The lowest BCUT2D eigenvalue weighted by molar-refractivity contribution is 0.102. The number of anilines is 3. The fraction of sp³-hybridized carbons (Fsp3) is 0. The van der Waals surface area contributed by atoms with Crippen LogP contribution in [0.4, 0.5) is 17.2 Å². The van der Waals surface area contributed by atoms with Gasteiger partial charge in [-0.2, -0.15) is 0 Å². The van der Waals surface area contributed by atoms with Crippen molar-refractivity contribution in [2.45, 2.75) is 0 Å². The minimum atomic E-state index is -0.261. The average molecular weight is 432 g/mol. The van der Waals surface area contributed by atoms with Crippen LogP contribution in [0.2, 0.25) is 0 Å². The molecule has 6 nitrogen and oxygen atoms in total. The van der Waals surface area contributed by atoms with E-state index in [1.165, 1.54) is 0 Å². The van der Waals surface area contributed by atoms with Crippen LogP contribution < -0.4 is 15.4 Å². The number of rotatable bonds is 6. The Morgan fingerprint density at radius 3 is 2.45 bits per heavy atom.